The Morgan fingerprint density at radius 3 is 2.04 bits per heavy atom. The Morgan fingerprint density at radius 1 is 0.808 bits per heavy atom. The van der Waals surface area contributed by atoms with Gasteiger partial charge in [-0.15, -0.1) is 0 Å². The van der Waals surface area contributed by atoms with Crippen molar-refractivity contribution in [2.75, 3.05) is 59.4 Å². The molecule has 150 valence electrons. The van der Waals surface area contributed by atoms with Gasteiger partial charge in [-0.3, -0.25) is 0 Å². The highest BCUT2D eigenvalue weighted by molar-refractivity contribution is 4.98. The van der Waals surface area contributed by atoms with Crippen molar-refractivity contribution in [2.45, 2.75) is 70.5 Å². The molecule has 4 fully saturated rings. The molecular formula is C22H41N3O. The van der Waals surface area contributed by atoms with Crippen LogP contribution in [0.2, 0.25) is 0 Å². The molecule has 1 aliphatic carbocycles. The summed E-state index contributed by atoms with van der Waals surface area (Å²) in [5, 5.41) is 0. The van der Waals surface area contributed by atoms with E-state index in [1.807, 2.05) is 0 Å². The topological polar surface area (TPSA) is 19.0 Å². The Hall–Kier alpha value is -0.160. The van der Waals surface area contributed by atoms with Crippen LogP contribution in [0.4, 0.5) is 0 Å². The Labute approximate surface area is 161 Å². The van der Waals surface area contributed by atoms with Crippen molar-refractivity contribution in [2.24, 2.45) is 11.3 Å². The lowest BCUT2D eigenvalue weighted by molar-refractivity contribution is -0.0647. The van der Waals surface area contributed by atoms with Crippen molar-refractivity contribution < 1.29 is 4.74 Å². The van der Waals surface area contributed by atoms with Gasteiger partial charge in [-0.1, -0.05) is 6.92 Å². The molecule has 3 heterocycles. The molecule has 3 saturated heterocycles. The molecule has 26 heavy (non-hydrogen) atoms. The highest BCUT2D eigenvalue weighted by atomic mass is 16.5. The molecule has 1 spiro atoms. The van der Waals surface area contributed by atoms with E-state index < -0.39 is 0 Å². The third kappa shape index (κ3) is 4.63. The van der Waals surface area contributed by atoms with Crippen LogP contribution in [0.5, 0.6) is 0 Å². The van der Waals surface area contributed by atoms with E-state index in [0.717, 1.165) is 5.92 Å². The molecule has 3 aliphatic heterocycles. The first-order valence-electron chi connectivity index (χ1n) is 11.4. The number of hydrogen-bond donors (Lipinski definition) is 0. The summed E-state index contributed by atoms with van der Waals surface area (Å²) >= 11 is 0. The molecular weight excluding hydrogens is 322 g/mol. The summed E-state index contributed by atoms with van der Waals surface area (Å²) < 4.78 is 6.44. The maximum atomic E-state index is 6.44. The van der Waals surface area contributed by atoms with Crippen LogP contribution >= 0.6 is 0 Å². The van der Waals surface area contributed by atoms with Gasteiger partial charge in [0.25, 0.3) is 0 Å². The average molecular weight is 364 g/mol. The van der Waals surface area contributed by atoms with Crippen molar-refractivity contribution in [1.82, 2.24) is 14.7 Å². The number of rotatable bonds is 5. The Balaban J connectivity index is 1.12. The molecule has 0 aromatic heterocycles. The third-order valence-corrected chi connectivity index (χ3v) is 7.84. The van der Waals surface area contributed by atoms with Crippen LogP contribution in [0.1, 0.15) is 58.3 Å². The van der Waals surface area contributed by atoms with Gasteiger partial charge >= 0.3 is 0 Å². The molecule has 1 saturated carbocycles. The van der Waals surface area contributed by atoms with Crippen molar-refractivity contribution >= 4 is 0 Å². The molecule has 0 unspecified atom stereocenters. The fraction of sp³-hybridized carbons (Fsp3) is 1.00. The Bertz CT molecular complexity index is 425. The molecule has 0 bridgehead atoms. The largest absolute Gasteiger partial charge is 0.375 e. The monoisotopic (exact) mass is 363 g/mol. The van der Waals surface area contributed by atoms with Crippen LogP contribution in [0.25, 0.3) is 0 Å². The van der Waals surface area contributed by atoms with Gasteiger partial charge in [-0.25, -0.2) is 0 Å². The van der Waals surface area contributed by atoms with Crippen molar-refractivity contribution in [3.63, 3.8) is 0 Å². The van der Waals surface area contributed by atoms with Crippen LogP contribution < -0.4 is 0 Å². The molecule has 4 heteroatoms. The average Bonchev–Trinajstić information content (AvgIpc) is 2.64. The highest BCUT2D eigenvalue weighted by Crippen LogP contribution is 2.40. The fourth-order valence-corrected chi connectivity index (χ4v) is 5.86. The van der Waals surface area contributed by atoms with Crippen LogP contribution in [-0.4, -0.2) is 86.3 Å². The van der Waals surface area contributed by atoms with E-state index in [4.69, 9.17) is 4.74 Å². The van der Waals surface area contributed by atoms with Gasteiger partial charge in [0.1, 0.15) is 0 Å². The zero-order chi connectivity index (χ0) is 18.0. The number of nitrogens with zero attached hydrogens (tertiary/aromatic N) is 3. The maximum absolute atomic E-state index is 6.44. The lowest BCUT2D eigenvalue weighted by Gasteiger charge is -2.54. The van der Waals surface area contributed by atoms with E-state index in [9.17, 15) is 0 Å². The zero-order valence-corrected chi connectivity index (χ0v) is 17.3. The van der Waals surface area contributed by atoms with E-state index in [1.165, 1.54) is 104 Å². The second kappa shape index (κ2) is 8.46. The number of hydrogen-bond acceptors (Lipinski definition) is 4. The zero-order valence-electron chi connectivity index (χ0n) is 17.3. The minimum absolute atomic E-state index is 0.538. The van der Waals surface area contributed by atoms with Gasteiger partial charge < -0.3 is 19.4 Å². The molecule has 4 rings (SSSR count). The summed E-state index contributed by atoms with van der Waals surface area (Å²) in [6.45, 7) is 12.8. The second-order valence-electron chi connectivity index (χ2n) is 9.89. The Morgan fingerprint density at radius 2 is 1.42 bits per heavy atom. The summed E-state index contributed by atoms with van der Waals surface area (Å²) in [5.74, 6) is 0.926. The molecule has 4 aliphatic rings. The Kier molecular flexibility index (Phi) is 6.24. The molecule has 0 N–H and O–H groups in total. The number of likely N-dealkylation sites (tertiary alicyclic amines) is 3. The van der Waals surface area contributed by atoms with Crippen LogP contribution in [0.15, 0.2) is 0 Å². The summed E-state index contributed by atoms with van der Waals surface area (Å²) in [6, 6.07) is 0. The van der Waals surface area contributed by atoms with Crippen molar-refractivity contribution in [3.8, 4) is 0 Å². The van der Waals surface area contributed by atoms with Gasteiger partial charge in [0.15, 0.2) is 0 Å². The smallest absolute Gasteiger partial charge is 0.0603 e. The first-order valence-corrected chi connectivity index (χ1v) is 11.4. The van der Waals surface area contributed by atoms with Crippen molar-refractivity contribution in [1.29, 1.82) is 0 Å². The fourth-order valence-electron chi connectivity index (χ4n) is 5.86. The van der Waals surface area contributed by atoms with Gasteiger partial charge in [-0.05, 0) is 89.4 Å². The van der Waals surface area contributed by atoms with E-state index in [0.29, 0.717) is 17.6 Å². The summed E-state index contributed by atoms with van der Waals surface area (Å²) in [6.07, 6.45) is 11.8. The lowest BCUT2D eigenvalue weighted by atomic mass is 9.72. The van der Waals surface area contributed by atoms with E-state index in [2.05, 4.69) is 28.7 Å². The summed E-state index contributed by atoms with van der Waals surface area (Å²) in [4.78, 5) is 7.83. The molecule has 4 nitrogen and oxygen atoms in total. The summed E-state index contributed by atoms with van der Waals surface area (Å²) in [7, 11) is 2.23. The predicted molar refractivity (Wildman–Crippen MR) is 108 cm³/mol. The van der Waals surface area contributed by atoms with Crippen LogP contribution in [0.3, 0.4) is 0 Å². The quantitative estimate of drug-likeness (QED) is 0.747. The normalized spacial score (nSPS) is 34.8. The van der Waals surface area contributed by atoms with Crippen LogP contribution in [-0.2, 0) is 4.74 Å². The first-order chi connectivity index (χ1) is 12.6. The first kappa shape index (κ1) is 19.2. The summed E-state index contributed by atoms with van der Waals surface area (Å²) in [5.41, 5.74) is 0.700. The lowest BCUT2D eigenvalue weighted by Crippen LogP contribution is -2.60. The van der Waals surface area contributed by atoms with E-state index in [1.54, 1.807) is 0 Å². The number of piperidine rings is 2. The SMILES string of the molecule is CCN1CC2(CCN(CC3CCC(OC4CCN(C)CC4)CC3)CC2)C1. The van der Waals surface area contributed by atoms with Gasteiger partial charge in [0.05, 0.1) is 12.2 Å². The standard InChI is InChI=1S/C22H41N3O/c1-3-24-17-22(18-24)10-14-25(15-11-22)16-19-4-6-20(7-5-19)26-21-8-12-23(2)13-9-21/h19-21H,3-18H2,1-2H3. The van der Waals surface area contributed by atoms with Crippen LogP contribution in [0, 0.1) is 11.3 Å². The minimum atomic E-state index is 0.538. The molecule has 0 aromatic carbocycles. The highest BCUT2D eigenvalue weighted by Gasteiger charge is 2.44. The number of ether oxygens (including phenoxy) is 1. The predicted octanol–water partition coefficient (Wildman–Crippen LogP) is 3.07. The second-order valence-corrected chi connectivity index (χ2v) is 9.89. The third-order valence-electron chi connectivity index (χ3n) is 7.84. The molecule has 0 atom stereocenters. The minimum Gasteiger partial charge on any atom is -0.375 e. The molecule has 0 aromatic rings. The van der Waals surface area contributed by atoms with Gasteiger partial charge in [0.2, 0.25) is 0 Å². The van der Waals surface area contributed by atoms with E-state index in [-0.39, 0.29) is 0 Å². The van der Waals surface area contributed by atoms with E-state index >= 15 is 0 Å². The van der Waals surface area contributed by atoms with Crippen molar-refractivity contribution in [3.05, 3.63) is 0 Å². The van der Waals surface area contributed by atoms with Gasteiger partial charge in [0, 0.05) is 32.7 Å². The van der Waals surface area contributed by atoms with Gasteiger partial charge in [-0.2, -0.15) is 0 Å². The molecule has 0 amide bonds. The molecule has 0 radical (unpaired) electrons. The maximum Gasteiger partial charge on any atom is 0.0603 e.